The molecule has 0 radical (unpaired) electrons. The van der Waals surface area contributed by atoms with E-state index in [1.54, 1.807) is 0 Å². The molecule has 1 saturated carbocycles. The van der Waals surface area contributed by atoms with E-state index < -0.39 is 0 Å². The van der Waals surface area contributed by atoms with Gasteiger partial charge in [-0.2, -0.15) is 5.10 Å². The lowest BCUT2D eigenvalue weighted by atomic mass is 9.77. The number of rotatable bonds is 6. The summed E-state index contributed by atoms with van der Waals surface area (Å²) in [5.41, 5.74) is 10.5. The number of ether oxygens (including phenoxy) is 1. The van der Waals surface area contributed by atoms with Crippen molar-refractivity contribution in [2.45, 2.75) is 31.7 Å². The lowest BCUT2D eigenvalue weighted by molar-refractivity contribution is 0.122. The molecule has 29 heavy (non-hydrogen) atoms. The highest BCUT2D eigenvalue weighted by Gasteiger charge is 2.30. The molecule has 1 saturated heterocycles. The number of morpholine rings is 1. The van der Waals surface area contributed by atoms with Gasteiger partial charge in [-0.15, -0.1) is 0 Å². The highest BCUT2D eigenvalue weighted by molar-refractivity contribution is 5.80. The SMILES string of the molecule is NCCCC1CC(n2cc(-c3cnc4ccc(N5CCOCC5)cc4n3)cn2)C1. The molecule has 0 amide bonds. The zero-order chi connectivity index (χ0) is 19.6. The Hall–Kier alpha value is -2.51. The number of nitrogens with two attached hydrogens (primary N) is 1. The van der Waals surface area contributed by atoms with Crippen molar-refractivity contribution in [2.24, 2.45) is 11.7 Å². The Morgan fingerprint density at radius 2 is 1.97 bits per heavy atom. The lowest BCUT2D eigenvalue weighted by Crippen LogP contribution is -2.36. The van der Waals surface area contributed by atoms with E-state index in [4.69, 9.17) is 15.5 Å². The third-order valence-electron chi connectivity index (χ3n) is 6.20. The number of nitrogens with zero attached hydrogens (tertiary/aromatic N) is 5. The summed E-state index contributed by atoms with van der Waals surface area (Å²) in [6.07, 6.45) is 10.6. The molecule has 0 atom stereocenters. The lowest BCUT2D eigenvalue weighted by Gasteiger charge is -2.35. The summed E-state index contributed by atoms with van der Waals surface area (Å²) in [6.45, 7) is 4.17. The Bertz CT molecular complexity index is 974. The molecule has 2 aromatic heterocycles. The van der Waals surface area contributed by atoms with Gasteiger partial charge in [0, 0.05) is 30.5 Å². The first-order valence-corrected chi connectivity index (χ1v) is 10.6. The van der Waals surface area contributed by atoms with Crippen LogP contribution in [0.15, 0.2) is 36.8 Å². The summed E-state index contributed by atoms with van der Waals surface area (Å²) in [5.74, 6) is 0.801. The van der Waals surface area contributed by atoms with Gasteiger partial charge in [0.05, 0.1) is 48.4 Å². The Kier molecular flexibility index (Phi) is 5.16. The normalized spacial score (nSPS) is 22.0. The van der Waals surface area contributed by atoms with E-state index in [9.17, 15) is 0 Å². The molecule has 0 spiro atoms. The number of anilines is 1. The number of fused-ring (bicyclic) bond motifs is 1. The third kappa shape index (κ3) is 3.84. The van der Waals surface area contributed by atoms with Gasteiger partial charge < -0.3 is 15.4 Å². The second-order valence-corrected chi connectivity index (χ2v) is 8.16. The van der Waals surface area contributed by atoms with Gasteiger partial charge in [-0.25, -0.2) is 4.98 Å². The van der Waals surface area contributed by atoms with Crippen molar-refractivity contribution in [2.75, 3.05) is 37.7 Å². The third-order valence-corrected chi connectivity index (χ3v) is 6.20. The van der Waals surface area contributed by atoms with E-state index in [0.29, 0.717) is 6.04 Å². The maximum Gasteiger partial charge on any atom is 0.0924 e. The molecular weight excluding hydrogens is 364 g/mol. The standard InChI is InChI=1S/C22H28N6O/c23-5-1-2-16-10-19(11-16)28-15-17(13-25-28)22-14-24-20-4-3-18(12-21(20)26-22)27-6-8-29-9-7-27/h3-4,12-16,19H,1-2,5-11,23H2. The van der Waals surface area contributed by atoms with Gasteiger partial charge in [0.25, 0.3) is 0 Å². The fraction of sp³-hybridized carbons (Fsp3) is 0.500. The maximum atomic E-state index is 5.62. The fourth-order valence-electron chi connectivity index (χ4n) is 4.39. The Balaban J connectivity index is 1.33. The van der Waals surface area contributed by atoms with Crippen molar-refractivity contribution in [3.05, 3.63) is 36.8 Å². The van der Waals surface area contributed by atoms with Crippen molar-refractivity contribution in [3.63, 3.8) is 0 Å². The van der Waals surface area contributed by atoms with Crippen LogP contribution in [-0.2, 0) is 4.74 Å². The number of hydrogen-bond donors (Lipinski definition) is 1. The summed E-state index contributed by atoms with van der Waals surface area (Å²) in [6, 6.07) is 6.82. The molecule has 1 aromatic carbocycles. The average molecular weight is 393 g/mol. The Morgan fingerprint density at radius 1 is 1.10 bits per heavy atom. The van der Waals surface area contributed by atoms with Gasteiger partial charge in [0.15, 0.2) is 0 Å². The second kappa shape index (κ2) is 8.08. The molecule has 1 aliphatic carbocycles. The van der Waals surface area contributed by atoms with Crippen molar-refractivity contribution in [1.29, 1.82) is 0 Å². The molecule has 152 valence electrons. The molecule has 7 nitrogen and oxygen atoms in total. The van der Waals surface area contributed by atoms with Gasteiger partial charge >= 0.3 is 0 Å². The zero-order valence-corrected chi connectivity index (χ0v) is 16.7. The summed E-state index contributed by atoms with van der Waals surface area (Å²) < 4.78 is 7.56. The first-order valence-electron chi connectivity index (χ1n) is 10.6. The van der Waals surface area contributed by atoms with Gasteiger partial charge in [-0.1, -0.05) is 0 Å². The van der Waals surface area contributed by atoms with Crippen molar-refractivity contribution in [3.8, 4) is 11.3 Å². The fourth-order valence-corrected chi connectivity index (χ4v) is 4.39. The average Bonchev–Trinajstić information content (AvgIpc) is 3.22. The van der Waals surface area contributed by atoms with Crippen LogP contribution in [-0.4, -0.2) is 52.6 Å². The van der Waals surface area contributed by atoms with Gasteiger partial charge in [-0.3, -0.25) is 9.67 Å². The maximum absolute atomic E-state index is 5.62. The van der Waals surface area contributed by atoms with Crippen LogP contribution >= 0.6 is 0 Å². The van der Waals surface area contributed by atoms with E-state index in [1.807, 2.05) is 12.4 Å². The highest BCUT2D eigenvalue weighted by Crippen LogP contribution is 2.40. The highest BCUT2D eigenvalue weighted by atomic mass is 16.5. The topological polar surface area (TPSA) is 82.1 Å². The van der Waals surface area contributed by atoms with Crippen LogP contribution in [0.1, 0.15) is 31.7 Å². The number of hydrogen-bond acceptors (Lipinski definition) is 6. The van der Waals surface area contributed by atoms with Crippen LogP contribution in [0.5, 0.6) is 0 Å². The molecule has 7 heteroatoms. The number of benzene rings is 1. The molecule has 3 aromatic rings. The van der Waals surface area contributed by atoms with E-state index in [-0.39, 0.29) is 0 Å². The van der Waals surface area contributed by atoms with Crippen molar-refractivity contribution >= 4 is 16.7 Å². The molecule has 0 bridgehead atoms. The summed E-state index contributed by atoms with van der Waals surface area (Å²) in [4.78, 5) is 11.8. The first kappa shape index (κ1) is 18.5. The van der Waals surface area contributed by atoms with E-state index >= 15 is 0 Å². The van der Waals surface area contributed by atoms with Crippen LogP contribution in [0.4, 0.5) is 5.69 Å². The number of aromatic nitrogens is 4. The second-order valence-electron chi connectivity index (χ2n) is 8.16. The van der Waals surface area contributed by atoms with Crippen molar-refractivity contribution in [1.82, 2.24) is 19.7 Å². The van der Waals surface area contributed by atoms with Crippen molar-refractivity contribution < 1.29 is 4.74 Å². The van der Waals surface area contributed by atoms with E-state index in [1.165, 1.54) is 24.9 Å². The monoisotopic (exact) mass is 392 g/mol. The molecule has 2 fully saturated rings. The van der Waals surface area contributed by atoms with Crippen LogP contribution in [0, 0.1) is 5.92 Å². The predicted octanol–water partition coefficient (Wildman–Crippen LogP) is 3.02. The quantitative estimate of drug-likeness (QED) is 0.694. The van der Waals surface area contributed by atoms with Gasteiger partial charge in [0.2, 0.25) is 0 Å². The minimum Gasteiger partial charge on any atom is -0.378 e. The molecule has 0 unspecified atom stereocenters. The molecular formula is C22H28N6O. The first-order chi connectivity index (χ1) is 14.3. The molecule has 2 aliphatic rings. The van der Waals surface area contributed by atoms with Crippen LogP contribution in [0.25, 0.3) is 22.3 Å². The van der Waals surface area contributed by atoms with Gasteiger partial charge in [-0.05, 0) is 56.3 Å². The summed E-state index contributed by atoms with van der Waals surface area (Å²) >= 11 is 0. The van der Waals surface area contributed by atoms with Crippen LogP contribution in [0.3, 0.4) is 0 Å². The smallest absolute Gasteiger partial charge is 0.0924 e. The Morgan fingerprint density at radius 3 is 2.79 bits per heavy atom. The largest absolute Gasteiger partial charge is 0.378 e. The molecule has 1 aliphatic heterocycles. The molecule has 3 heterocycles. The molecule has 5 rings (SSSR count). The predicted molar refractivity (Wildman–Crippen MR) is 114 cm³/mol. The van der Waals surface area contributed by atoms with Crippen LogP contribution < -0.4 is 10.6 Å². The minimum absolute atomic E-state index is 0.507. The summed E-state index contributed by atoms with van der Waals surface area (Å²) in [7, 11) is 0. The van der Waals surface area contributed by atoms with E-state index in [2.05, 4.69) is 44.1 Å². The zero-order valence-electron chi connectivity index (χ0n) is 16.7. The van der Waals surface area contributed by atoms with Gasteiger partial charge in [0.1, 0.15) is 0 Å². The molecule has 2 N–H and O–H groups in total. The minimum atomic E-state index is 0.507. The Labute approximate surface area is 170 Å². The van der Waals surface area contributed by atoms with Crippen LogP contribution in [0.2, 0.25) is 0 Å². The van der Waals surface area contributed by atoms with E-state index in [0.717, 1.165) is 67.5 Å². The summed E-state index contributed by atoms with van der Waals surface area (Å²) in [5, 5.41) is 4.60.